The highest BCUT2D eigenvalue weighted by molar-refractivity contribution is 5.82. The molecular formula is C15H21N5O. The zero-order chi connectivity index (χ0) is 14.8. The Hall–Kier alpha value is -2.08. The Bertz CT molecular complexity index is 628. The molecule has 0 bridgehead atoms. The predicted molar refractivity (Wildman–Crippen MR) is 83.0 cm³/mol. The van der Waals surface area contributed by atoms with E-state index in [2.05, 4.69) is 27.6 Å². The zero-order valence-electron chi connectivity index (χ0n) is 12.2. The van der Waals surface area contributed by atoms with Crippen molar-refractivity contribution in [3.05, 3.63) is 24.4 Å². The van der Waals surface area contributed by atoms with E-state index < -0.39 is 6.04 Å². The van der Waals surface area contributed by atoms with E-state index in [1.165, 1.54) is 0 Å². The molecule has 3 rings (SSSR count). The highest BCUT2D eigenvalue weighted by atomic mass is 16.2. The molecule has 0 unspecified atom stereocenters. The molecule has 0 radical (unpaired) electrons. The third-order valence-electron chi connectivity index (χ3n) is 4.01. The lowest BCUT2D eigenvalue weighted by atomic mass is 10.0. The van der Waals surface area contributed by atoms with Gasteiger partial charge in [-0.15, -0.1) is 0 Å². The summed E-state index contributed by atoms with van der Waals surface area (Å²) in [6.07, 6.45) is 3.72. The topological polar surface area (TPSA) is 87.0 Å². The van der Waals surface area contributed by atoms with Crippen molar-refractivity contribution in [3.63, 3.8) is 0 Å². The summed E-state index contributed by atoms with van der Waals surface area (Å²) >= 11 is 0. The maximum atomic E-state index is 11.8. The van der Waals surface area contributed by atoms with Crippen molar-refractivity contribution in [2.75, 3.05) is 18.4 Å². The van der Waals surface area contributed by atoms with Crippen LogP contribution >= 0.6 is 0 Å². The fourth-order valence-electron chi connectivity index (χ4n) is 2.80. The highest BCUT2D eigenvalue weighted by Gasteiger charge is 2.24. The van der Waals surface area contributed by atoms with Gasteiger partial charge in [-0.2, -0.15) is 5.10 Å². The zero-order valence-corrected chi connectivity index (χ0v) is 12.2. The van der Waals surface area contributed by atoms with Crippen LogP contribution in [0.5, 0.6) is 0 Å². The van der Waals surface area contributed by atoms with Gasteiger partial charge in [-0.25, -0.2) is 0 Å². The minimum absolute atomic E-state index is 0.0493. The van der Waals surface area contributed by atoms with Gasteiger partial charge in [0.25, 0.3) is 0 Å². The van der Waals surface area contributed by atoms with Gasteiger partial charge in [-0.3, -0.25) is 9.89 Å². The summed E-state index contributed by atoms with van der Waals surface area (Å²) in [7, 11) is 0. The number of hydrogen-bond donors (Lipinski definition) is 3. The Morgan fingerprint density at radius 3 is 2.95 bits per heavy atom. The highest BCUT2D eigenvalue weighted by Crippen LogP contribution is 2.20. The number of nitrogens with one attached hydrogen (secondary N) is 2. The van der Waals surface area contributed by atoms with Crippen LogP contribution < -0.4 is 11.1 Å². The van der Waals surface area contributed by atoms with E-state index in [4.69, 9.17) is 5.73 Å². The molecule has 6 nitrogen and oxygen atoms in total. The lowest BCUT2D eigenvalue weighted by molar-refractivity contribution is -0.133. The Morgan fingerprint density at radius 2 is 2.24 bits per heavy atom. The maximum Gasteiger partial charge on any atom is 0.239 e. The van der Waals surface area contributed by atoms with Crippen LogP contribution in [0.15, 0.2) is 24.4 Å². The van der Waals surface area contributed by atoms with Crippen LogP contribution in [0.4, 0.5) is 5.69 Å². The van der Waals surface area contributed by atoms with Crippen molar-refractivity contribution in [3.8, 4) is 0 Å². The Morgan fingerprint density at radius 1 is 1.48 bits per heavy atom. The van der Waals surface area contributed by atoms with Gasteiger partial charge in [0, 0.05) is 30.2 Å². The first-order chi connectivity index (χ1) is 10.1. The molecule has 1 amide bonds. The molecule has 1 aromatic heterocycles. The number of likely N-dealkylation sites (tertiary alicyclic amines) is 1. The van der Waals surface area contributed by atoms with Crippen molar-refractivity contribution in [1.29, 1.82) is 0 Å². The molecule has 6 heteroatoms. The smallest absolute Gasteiger partial charge is 0.239 e. The van der Waals surface area contributed by atoms with Gasteiger partial charge in [-0.1, -0.05) is 0 Å². The summed E-state index contributed by atoms with van der Waals surface area (Å²) in [5, 5.41) is 11.6. The van der Waals surface area contributed by atoms with Crippen molar-refractivity contribution in [1.82, 2.24) is 15.1 Å². The maximum absolute atomic E-state index is 11.8. The van der Waals surface area contributed by atoms with Crippen LogP contribution in [-0.2, 0) is 4.79 Å². The molecule has 0 aliphatic carbocycles. The molecule has 4 N–H and O–H groups in total. The van der Waals surface area contributed by atoms with Crippen LogP contribution in [0.1, 0.15) is 19.8 Å². The molecule has 2 heterocycles. The average molecular weight is 287 g/mol. The quantitative estimate of drug-likeness (QED) is 0.794. The molecule has 112 valence electrons. The molecule has 1 aliphatic heterocycles. The summed E-state index contributed by atoms with van der Waals surface area (Å²) in [4.78, 5) is 13.7. The normalized spacial score (nSPS) is 17.9. The van der Waals surface area contributed by atoms with Gasteiger partial charge in [0.05, 0.1) is 17.8 Å². The van der Waals surface area contributed by atoms with E-state index in [0.717, 1.165) is 42.5 Å². The van der Waals surface area contributed by atoms with E-state index in [9.17, 15) is 4.79 Å². The predicted octanol–water partition coefficient (Wildman–Crippen LogP) is 1.31. The number of nitrogens with zero attached hydrogens (tertiary/aromatic N) is 2. The number of nitrogens with two attached hydrogens (primary N) is 1. The summed E-state index contributed by atoms with van der Waals surface area (Å²) in [5.41, 5.74) is 7.79. The molecular weight excluding hydrogens is 266 g/mol. The number of aromatic nitrogens is 2. The molecule has 1 aromatic carbocycles. The second-order valence-electron chi connectivity index (χ2n) is 5.70. The van der Waals surface area contributed by atoms with Crippen LogP contribution in [0, 0.1) is 0 Å². The molecule has 1 aliphatic rings. The third kappa shape index (κ3) is 3.00. The van der Waals surface area contributed by atoms with E-state index in [1.807, 2.05) is 17.2 Å². The Labute approximate surface area is 123 Å². The van der Waals surface area contributed by atoms with Gasteiger partial charge in [-0.05, 0) is 38.0 Å². The number of amides is 1. The molecule has 0 saturated carbocycles. The van der Waals surface area contributed by atoms with Gasteiger partial charge in [0.2, 0.25) is 5.91 Å². The summed E-state index contributed by atoms with van der Waals surface area (Å²) in [6, 6.07) is 6.17. The van der Waals surface area contributed by atoms with E-state index in [0.29, 0.717) is 6.04 Å². The molecule has 1 atom stereocenters. The lowest BCUT2D eigenvalue weighted by Gasteiger charge is -2.33. The number of aromatic amines is 1. The van der Waals surface area contributed by atoms with Crippen molar-refractivity contribution < 1.29 is 4.79 Å². The van der Waals surface area contributed by atoms with Crippen LogP contribution in [-0.4, -0.2) is 46.2 Å². The van der Waals surface area contributed by atoms with Gasteiger partial charge in [0.1, 0.15) is 0 Å². The summed E-state index contributed by atoms with van der Waals surface area (Å²) in [5.74, 6) is 0.0493. The fraction of sp³-hybridized carbons (Fsp3) is 0.467. The van der Waals surface area contributed by atoms with Gasteiger partial charge in [0.15, 0.2) is 0 Å². The number of hydrogen-bond acceptors (Lipinski definition) is 4. The molecule has 2 aromatic rings. The summed E-state index contributed by atoms with van der Waals surface area (Å²) in [6.45, 7) is 3.28. The number of carbonyl (C=O) groups excluding carboxylic acids is 1. The first kappa shape index (κ1) is 13.9. The van der Waals surface area contributed by atoms with E-state index >= 15 is 0 Å². The minimum Gasteiger partial charge on any atom is -0.382 e. The molecule has 1 saturated heterocycles. The number of carbonyl (C=O) groups is 1. The SMILES string of the molecule is C[C@H](N)C(=O)N1CCC(Nc2ccc3[nH]ncc3c2)CC1. The number of H-pyrrole nitrogens is 1. The number of rotatable bonds is 3. The molecule has 21 heavy (non-hydrogen) atoms. The van der Waals surface area contributed by atoms with Crippen molar-refractivity contribution in [2.45, 2.75) is 31.8 Å². The van der Waals surface area contributed by atoms with E-state index in [1.54, 1.807) is 6.92 Å². The monoisotopic (exact) mass is 287 g/mol. The van der Waals surface area contributed by atoms with Gasteiger partial charge >= 0.3 is 0 Å². The molecule has 0 spiro atoms. The number of fused-ring (bicyclic) bond motifs is 1. The van der Waals surface area contributed by atoms with Crippen LogP contribution in [0.2, 0.25) is 0 Å². The number of benzene rings is 1. The van der Waals surface area contributed by atoms with Gasteiger partial charge < -0.3 is 16.0 Å². The first-order valence-corrected chi connectivity index (χ1v) is 7.37. The minimum atomic E-state index is -0.405. The Balaban J connectivity index is 1.58. The van der Waals surface area contributed by atoms with Crippen LogP contribution in [0.25, 0.3) is 10.9 Å². The summed E-state index contributed by atoms with van der Waals surface area (Å²) < 4.78 is 0. The van der Waals surface area contributed by atoms with Crippen molar-refractivity contribution >= 4 is 22.5 Å². The second-order valence-corrected chi connectivity index (χ2v) is 5.70. The average Bonchev–Trinajstić information content (AvgIpc) is 2.95. The van der Waals surface area contributed by atoms with Crippen LogP contribution in [0.3, 0.4) is 0 Å². The fourth-order valence-corrected chi connectivity index (χ4v) is 2.80. The largest absolute Gasteiger partial charge is 0.382 e. The first-order valence-electron chi connectivity index (χ1n) is 7.37. The Kier molecular flexibility index (Phi) is 3.79. The van der Waals surface area contributed by atoms with E-state index in [-0.39, 0.29) is 5.91 Å². The molecule has 1 fully saturated rings. The number of anilines is 1. The number of piperidine rings is 1. The standard InChI is InChI=1S/C15H21N5O/c1-10(16)15(21)20-6-4-12(5-7-20)18-13-2-3-14-11(8-13)9-17-19-14/h2-3,8-10,12,18H,4-7,16H2,1H3,(H,17,19)/t10-/m0/s1. The second kappa shape index (κ2) is 5.73. The lowest BCUT2D eigenvalue weighted by Crippen LogP contribution is -2.48. The third-order valence-corrected chi connectivity index (χ3v) is 4.01. The van der Waals surface area contributed by atoms with Crippen molar-refractivity contribution in [2.24, 2.45) is 5.73 Å².